The molecule has 1 aliphatic heterocycles. The van der Waals surface area contributed by atoms with Crippen LogP contribution in [0.1, 0.15) is 19.8 Å². The largest absolute Gasteiger partial charge is 0.481 e. The van der Waals surface area contributed by atoms with Gasteiger partial charge in [0, 0.05) is 20.0 Å². The molecule has 1 rings (SSSR count). The predicted molar refractivity (Wildman–Crippen MR) is 50.6 cm³/mol. The van der Waals surface area contributed by atoms with E-state index in [0.29, 0.717) is 19.5 Å². The molecule has 1 amide bonds. The summed E-state index contributed by atoms with van der Waals surface area (Å²) in [6, 6.07) is 0. The number of nitrogens with one attached hydrogen (secondary N) is 1. The minimum Gasteiger partial charge on any atom is -0.481 e. The number of hydrogen-bond donors (Lipinski definition) is 2. The van der Waals surface area contributed by atoms with Crippen molar-refractivity contribution in [1.82, 2.24) is 10.2 Å². The highest BCUT2D eigenvalue weighted by atomic mass is 16.4. The Kier molecular flexibility index (Phi) is 3.88. The summed E-state index contributed by atoms with van der Waals surface area (Å²) in [6.07, 6.45) is 1.35. The first-order chi connectivity index (χ1) is 6.59. The molecule has 14 heavy (non-hydrogen) atoms. The Bertz CT molecular complexity index is 222. The standard InChI is InChI=1S/C9H16N2O3/c1-7(12)10-6-11-4-2-8(3-5-11)9(13)14/h8H,2-6H2,1H3,(H,10,12)(H,13,14). The first-order valence-corrected chi connectivity index (χ1v) is 4.79. The first kappa shape index (κ1) is 11.0. The number of likely N-dealkylation sites (tertiary alicyclic amines) is 1. The lowest BCUT2D eigenvalue weighted by atomic mass is 9.97. The van der Waals surface area contributed by atoms with Gasteiger partial charge in [-0.2, -0.15) is 0 Å². The molecule has 1 fully saturated rings. The molecule has 0 bridgehead atoms. The number of carbonyl (C=O) groups excluding carboxylic acids is 1. The van der Waals surface area contributed by atoms with E-state index in [1.54, 1.807) is 0 Å². The maximum atomic E-state index is 10.6. The molecule has 1 heterocycles. The number of aliphatic carboxylic acids is 1. The molecule has 0 aromatic carbocycles. The van der Waals surface area contributed by atoms with Gasteiger partial charge in [0.15, 0.2) is 0 Å². The Hall–Kier alpha value is -1.10. The van der Waals surface area contributed by atoms with Gasteiger partial charge in [-0.05, 0) is 12.8 Å². The molecule has 2 N–H and O–H groups in total. The predicted octanol–water partition coefficient (Wildman–Crippen LogP) is -0.123. The number of hydrogen-bond acceptors (Lipinski definition) is 3. The Labute approximate surface area is 83.1 Å². The van der Waals surface area contributed by atoms with Crippen molar-refractivity contribution in [2.45, 2.75) is 19.8 Å². The Balaban J connectivity index is 2.22. The Morgan fingerprint density at radius 1 is 1.43 bits per heavy atom. The molecule has 0 aliphatic carbocycles. The topological polar surface area (TPSA) is 69.6 Å². The highest BCUT2D eigenvalue weighted by Crippen LogP contribution is 2.16. The second-order valence-electron chi connectivity index (χ2n) is 3.62. The van der Waals surface area contributed by atoms with Crippen molar-refractivity contribution in [3.05, 3.63) is 0 Å². The summed E-state index contributed by atoms with van der Waals surface area (Å²) in [5.74, 6) is -0.960. The number of carboxylic acids is 1. The van der Waals surface area contributed by atoms with Gasteiger partial charge in [0.1, 0.15) is 0 Å². The van der Waals surface area contributed by atoms with Crippen molar-refractivity contribution in [3.63, 3.8) is 0 Å². The van der Waals surface area contributed by atoms with Crippen LogP contribution in [0.3, 0.4) is 0 Å². The Morgan fingerprint density at radius 2 is 2.00 bits per heavy atom. The lowest BCUT2D eigenvalue weighted by Crippen LogP contribution is -2.42. The summed E-state index contributed by atoms with van der Waals surface area (Å²) in [7, 11) is 0. The van der Waals surface area contributed by atoms with Crippen LogP contribution in [0.15, 0.2) is 0 Å². The molecule has 0 aromatic heterocycles. The molecule has 0 unspecified atom stereocenters. The number of carbonyl (C=O) groups is 2. The van der Waals surface area contributed by atoms with E-state index in [-0.39, 0.29) is 11.8 Å². The van der Waals surface area contributed by atoms with Crippen molar-refractivity contribution in [3.8, 4) is 0 Å². The van der Waals surface area contributed by atoms with Crippen LogP contribution in [-0.2, 0) is 9.59 Å². The van der Waals surface area contributed by atoms with Gasteiger partial charge >= 0.3 is 5.97 Å². The van der Waals surface area contributed by atoms with Crippen molar-refractivity contribution in [1.29, 1.82) is 0 Å². The number of amides is 1. The molecule has 0 saturated carbocycles. The molecule has 80 valence electrons. The van der Waals surface area contributed by atoms with Crippen molar-refractivity contribution in [2.24, 2.45) is 5.92 Å². The fourth-order valence-corrected chi connectivity index (χ4v) is 1.56. The van der Waals surface area contributed by atoms with Crippen LogP contribution in [0.4, 0.5) is 0 Å². The van der Waals surface area contributed by atoms with E-state index in [0.717, 1.165) is 13.1 Å². The molecule has 0 spiro atoms. The van der Waals surface area contributed by atoms with E-state index in [1.807, 2.05) is 0 Å². The molecule has 1 aliphatic rings. The van der Waals surface area contributed by atoms with E-state index in [9.17, 15) is 9.59 Å². The highest BCUT2D eigenvalue weighted by Gasteiger charge is 2.23. The summed E-state index contributed by atoms with van der Waals surface area (Å²) < 4.78 is 0. The van der Waals surface area contributed by atoms with E-state index >= 15 is 0 Å². The summed E-state index contributed by atoms with van der Waals surface area (Å²) in [6.45, 7) is 3.50. The third-order valence-corrected chi connectivity index (χ3v) is 2.49. The van der Waals surface area contributed by atoms with Crippen LogP contribution in [0, 0.1) is 5.92 Å². The smallest absolute Gasteiger partial charge is 0.306 e. The molecule has 5 heteroatoms. The second-order valence-corrected chi connectivity index (χ2v) is 3.62. The maximum absolute atomic E-state index is 10.6. The number of carboxylic acid groups (broad SMARTS) is 1. The summed E-state index contributed by atoms with van der Waals surface area (Å²) in [5.41, 5.74) is 0. The normalized spacial score (nSPS) is 19.2. The minimum atomic E-state index is -0.704. The lowest BCUT2D eigenvalue weighted by Gasteiger charge is -2.29. The fraction of sp³-hybridized carbons (Fsp3) is 0.778. The van der Waals surface area contributed by atoms with Crippen LogP contribution < -0.4 is 5.32 Å². The third-order valence-electron chi connectivity index (χ3n) is 2.49. The van der Waals surface area contributed by atoms with Gasteiger partial charge < -0.3 is 10.4 Å². The zero-order chi connectivity index (χ0) is 10.6. The zero-order valence-corrected chi connectivity index (χ0v) is 8.32. The monoisotopic (exact) mass is 200 g/mol. The van der Waals surface area contributed by atoms with Crippen molar-refractivity contribution < 1.29 is 14.7 Å². The van der Waals surface area contributed by atoms with Crippen LogP contribution in [0.2, 0.25) is 0 Å². The molecule has 0 aromatic rings. The van der Waals surface area contributed by atoms with E-state index in [1.165, 1.54) is 6.92 Å². The van der Waals surface area contributed by atoms with Crippen LogP contribution in [-0.4, -0.2) is 41.6 Å². The van der Waals surface area contributed by atoms with Crippen LogP contribution in [0.25, 0.3) is 0 Å². The fourth-order valence-electron chi connectivity index (χ4n) is 1.56. The molecule has 0 radical (unpaired) electrons. The van der Waals surface area contributed by atoms with Gasteiger partial charge in [-0.1, -0.05) is 0 Å². The van der Waals surface area contributed by atoms with E-state index < -0.39 is 5.97 Å². The maximum Gasteiger partial charge on any atom is 0.306 e. The highest BCUT2D eigenvalue weighted by molar-refractivity contribution is 5.72. The van der Waals surface area contributed by atoms with Gasteiger partial charge in [-0.25, -0.2) is 0 Å². The van der Waals surface area contributed by atoms with E-state index in [4.69, 9.17) is 5.11 Å². The third kappa shape index (κ3) is 3.33. The number of rotatable bonds is 3. The van der Waals surface area contributed by atoms with Gasteiger partial charge in [0.25, 0.3) is 0 Å². The van der Waals surface area contributed by atoms with Gasteiger partial charge in [-0.3, -0.25) is 14.5 Å². The van der Waals surface area contributed by atoms with Gasteiger partial charge in [0.05, 0.1) is 12.6 Å². The van der Waals surface area contributed by atoms with Crippen LogP contribution >= 0.6 is 0 Å². The Morgan fingerprint density at radius 3 is 2.43 bits per heavy atom. The van der Waals surface area contributed by atoms with Crippen molar-refractivity contribution in [2.75, 3.05) is 19.8 Å². The first-order valence-electron chi connectivity index (χ1n) is 4.79. The quantitative estimate of drug-likeness (QED) is 0.666. The molecule has 1 saturated heterocycles. The van der Waals surface area contributed by atoms with Gasteiger partial charge in [0.2, 0.25) is 5.91 Å². The number of piperidine rings is 1. The minimum absolute atomic E-state index is 0.0506. The van der Waals surface area contributed by atoms with Crippen molar-refractivity contribution >= 4 is 11.9 Å². The lowest BCUT2D eigenvalue weighted by molar-refractivity contribution is -0.143. The molecular formula is C9H16N2O3. The van der Waals surface area contributed by atoms with Crippen LogP contribution in [0.5, 0.6) is 0 Å². The second kappa shape index (κ2) is 4.95. The molecule has 0 atom stereocenters. The average Bonchev–Trinajstić information content (AvgIpc) is 2.15. The molecular weight excluding hydrogens is 184 g/mol. The SMILES string of the molecule is CC(=O)NCN1CCC(C(=O)O)CC1. The average molecular weight is 200 g/mol. The summed E-state index contributed by atoms with van der Waals surface area (Å²) in [5, 5.41) is 11.5. The van der Waals surface area contributed by atoms with E-state index in [2.05, 4.69) is 10.2 Å². The zero-order valence-electron chi connectivity index (χ0n) is 8.32. The number of nitrogens with zero attached hydrogens (tertiary/aromatic N) is 1. The van der Waals surface area contributed by atoms with Gasteiger partial charge in [-0.15, -0.1) is 0 Å². The summed E-state index contributed by atoms with van der Waals surface area (Å²) >= 11 is 0. The molecule has 5 nitrogen and oxygen atoms in total. The summed E-state index contributed by atoms with van der Waals surface area (Å²) in [4.78, 5) is 23.3.